The van der Waals surface area contributed by atoms with Gasteiger partial charge in [-0.15, -0.1) is 0 Å². The molecule has 1 aliphatic carbocycles. The second-order valence-electron chi connectivity index (χ2n) is 8.13. The van der Waals surface area contributed by atoms with Gasteiger partial charge in [0.2, 0.25) is 0 Å². The minimum absolute atomic E-state index is 0.0260. The lowest BCUT2D eigenvalue weighted by atomic mass is 9.85. The van der Waals surface area contributed by atoms with Gasteiger partial charge >= 0.3 is 0 Å². The highest BCUT2D eigenvalue weighted by molar-refractivity contribution is 9.10. The van der Waals surface area contributed by atoms with Crippen LogP contribution in [0.4, 0.5) is 5.69 Å². The quantitative estimate of drug-likeness (QED) is 0.304. The number of amidine groups is 1. The Hall–Kier alpha value is -2.31. The molecule has 2 atom stereocenters. The Bertz CT molecular complexity index is 1050. The molecule has 0 spiro atoms. The van der Waals surface area contributed by atoms with Crippen molar-refractivity contribution in [2.24, 2.45) is 10.9 Å². The molecule has 6 heteroatoms. The van der Waals surface area contributed by atoms with Crippen LogP contribution in [0.5, 0.6) is 5.75 Å². The number of aliphatic imine (C=N–C) groups is 1. The maximum Gasteiger partial charge on any atom is 0.267 e. The standard InChI is InChI=1S/C26H27BrN2O2S/c1-3-15-31-23-14-13-20(27)16-19(23)17-24-25(30)29(22-12-8-7-9-18(22)2)26(32-24)28-21-10-5-4-6-11-21/h3-6,10-11,13-14,16-18,22H,1,7-9,12,15H2,2H3/b24-17-,28-26?/t18-,22+/m1/s1. The molecule has 1 heterocycles. The number of benzene rings is 2. The van der Waals surface area contributed by atoms with Gasteiger partial charge in [0.15, 0.2) is 5.17 Å². The maximum atomic E-state index is 13.7. The molecule has 1 saturated heterocycles. The first-order chi connectivity index (χ1) is 15.6. The third kappa shape index (κ3) is 5.18. The highest BCUT2D eigenvalue weighted by atomic mass is 79.9. The van der Waals surface area contributed by atoms with Crippen LogP contribution in [0, 0.1) is 5.92 Å². The molecule has 4 nitrogen and oxygen atoms in total. The van der Waals surface area contributed by atoms with E-state index in [2.05, 4.69) is 29.4 Å². The van der Waals surface area contributed by atoms with Gasteiger partial charge < -0.3 is 4.74 Å². The van der Waals surface area contributed by atoms with E-state index >= 15 is 0 Å². The van der Waals surface area contributed by atoms with E-state index in [0.29, 0.717) is 17.4 Å². The zero-order chi connectivity index (χ0) is 22.5. The topological polar surface area (TPSA) is 41.9 Å². The van der Waals surface area contributed by atoms with Gasteiger partial charge in [-0.3, -0.25) is 9.69 Å². The molecule has 0 aromatic heterocycles. The molecule has 166 valence electrons. The largest absolute Gasteiger partial charge is 0.489 e. The Morgan fingerprint density at radius 1 is 1.22 bits per heavy atom. The SMILES string of the molecule is C=CCOc1ccc(Br)cc1/C=C1\SC(=Nc2ccccc2)N([C@H]2CCCC[C@H]2C)C1=O. The summed E-state index contributed by atoms with van der Waals surface area (Å²) in [6.45, 7) is 6.38. The number of para-hydroxylation sites is 1. The predicted octanol–water partition coefficient (Wildman–Crippen LogP) is 7.20. The number of carbonyl (C=O) groups is 1. The van der Waals surface area contributed by atoms with Crippen LogP contribution < -0.4 is 4.74 Å². The van der Waals surface area contributed by atoms with Crippen LogP contribution in [0.1, 0.15) is 38.2 Å². The summed E-state index contributed by atoms with van der Waals surface area (Å²) in [6, 6.07) is 15.8. The van der Waals surface area contributed by atoms with Gasteiger partial charge in [0.1, 0.15) is 12.4 Å². The minimum Gasteiger partial charge on any atom is -0.489 e. The van der Waals surface area contributed by atoms with E-state index in [4.69, 9.17) is 9.73 Å². The number of halogens is 1. The van der Waals surface area contributed by atoms with Crippen molar-refractivity contribution in [2.45, 2.75) is 38.6 Å². The molecule has 2 aromatic rings. The summed E-state index contributed by atoms with van der Waals surface area (Å²) in [6.07, 6.45) is 8.16. The van der Waals surface area contributed by atoms with Gasteiger partial charge in [0, 0.05) is 16.1 Å². The molecule has 2 aliphatic rings. The van der Waals surface area contributed by atoms with E-state index in [-0.39, 0.29) is 11.9 Å². The average Bonchev–Trinajstić information content (AvgIpc) is 3.09. The van der Waals surface area contributed by atoms with E-state index < -0.39 is 0 Å². The van der Waals surface area contributed by atoms with Crippen molar-refractivity contribution in [1.29, 1.82) is 0 Å². The third-order valence-electron chi connectivity index (χ3n) is 5.83. The Morgan fingerprint density at radius 2 is 2.00 bits per heavy atom. The van der Waals surface area contributed by atoms with Gasteiger partial charge in [-0.2, -0.15) is 0 Å². The number of ether oxygens (including phenoxy) is 1. The van der Waals surface area contributed by atoms with E-state index in [1.165, 1.54) is 18.2 Å². The van der Waals surface area contributed by atoms with Crippen LogP contribution in [0.15, 0.2) is 75.6 Å². The highest BCUT2D eigenvalue weighted by Crippen LogP contribution is 2.41. The Labute approximate surface area is 202 Å². The zero-order valence-corrected chi connectivity index (χ0v) is 20.6. The van der Waals surface area contributed by atoms with Crippen molar-refractivity contribution in [2.75, 3.05) is 6.61 Å². The summed E-state index contributed by atoms with van der Waals surface area (Å²) in [5, 5.41) is 0.759. The molecule has 2 fully saturated rings. The molecule has 1 saturated carbocycles. The lowest BCUT2D eigenvalue weighted by Gasteiger charge is -2.35. The van der Waals surface area contributed by atoms with Crippen LogP contribution in [0.2, 0.25) is 0 Å². The van der Waals surface area contributed by atoms with Crippen molar-refractivity contribution in [1.82, 2.24) is 4.90 Å². The fourth-order valence-electron chi connectivity index (χ4n) is 4.20. The van der Waals surface area contributed by atoms with Crippen LogP contribution in [0.25, 0.3) is 6.08 Å². The van der Waals surface area contributed by atoms with Crippen LogP contribution in [-0.4, -0.2) is 28.6 Å². The van der Waals surface area contributed by atoms with Gasteiger partial charge in [-0.05, 0) is 66.9 Å². The summed E-state index contributed by atoms with van der Waals surface area (Å²) >= 11 is 4.98. The number of thioether (sulfide) groups is 1. The number of hydrogen-bond donors (Lipinski definition) is 0. The first-order valence-electron chi connectivity index (χ1n) is 11.0. The van der Waals surface area contributed by atoms with Gasteiger partial charge in [0.05, 0.1) is 10.6 Å². The summed E-state index contributed by atoms with van der Waals surface area (Å²) in [7, 11) is 0. The maximum absolute atomic E-state index is 13.7. The normalized spacial score (nSPS) is 23.7. The number of nitrogens with zero attached hydrogens (tertiary/aromatic N) is 2. The molecule has 0 unspecified atom stereocenters. The third-order valence-corrected chi connectivity index (χ3v) is 7.31. The molecular formula is C26H27BrN2O2S. The van der Waals surface area contributed by atoms with Crippen LogP contribution >= 0.6 is 27.7 Å². The summed E-state index contributed by atoms with van der Waals surface area (Å²) in [4.78, 5) is 21.1. The summed E-state index contributed by atoms with van der Waals surface area (Å²) < 4.78 is 6.75. The Morgan fingerprint density at radius 3 is 2.75 bits per heavy atom. The number of carbonyl (C=O) groups excluding carboxylic acids is 1. The minimum atomic E-state index is 0.0260. The lowest BCUT2D eigenvalue weighted by molar-refractivity contribution is -0.124. The van der Waals surface area contributed by atoms with Gasteiger partial charge in [-0.1, -0.05) is 66.5 Å². The van der Waals surface area contributed by atoms with Crippen molar-refractivity contribution in [3.05, 3.63) is 76.1 Å². The van der Waals surface area contributed by atoms with E-state index in [1.807, 2.05) is 59.5 Å². The molecule has 1 aliphatic heterocycles. The fraction of sp³-hybridized carbons (Fsp3) is 0.308. The van der Waals surface area contributed by atoms with Gasteiger partial charge in [0.25, 0.3) is 5.91 Å². The molecule has 0 bridgehead atoms. The number of hydrogen-bond acceptors (Lipinski definition) is 4. The Balaban J connectivity index is 1.73. The van der Waals surface area contributed by atoms with Crippen LogP contribution in [0.3, 0.4) is 0 Å². The van der Waals surface area contributed by atoms with E-state index in [1.54, 1.807) is 6.08 Å². The molecule has 0 N–H and O–H groups in total. The zero-order valence-electron chi connectivity index (χ0n) is 18.2. The molecule has 1 amide bonds. The van der Waals surface area contributed by atoms with Gasteiger partial charge in [-0.25, -0.2) is 4.99 Å². The van der Waals surface area contributed by atoms with Crippen molar-refractivity contribution >= 4 is 50.5 Å². The number of amides is 1. The second-order valence-corrected chi connectivity index (χ2v) is 10.1. The molecular weight excluding hydrogens is 484 g/mol. The van der Waals surface area contributed by atoms with Crippen molar-refractivity contribution in [3.63, 3.8) is 0 Å². The predicted molar refractivity (Wildman–Crippen MR) is 137 cm³/mol. The first-order valence-corrected chi connectivity index (χ1v) is 12.6. The smallest absolute Gasteiger partial charge is 0.267 e. The second kappa shape index (κ2) is 10.5. The van der Waals surface area contributed by atoms with E-state index in [0.717, 1.165) is 45.9 Å². The van der Waals surface area contributed by atoms with Crippen molar-refractivity contribution < 1.29 is 9.53 Å². The number of rotatable bonds is 6. The van der Waals surface area contributed by atoms with E-state index in [9.17, 15) is 4.79 Å². The summed E-state index contributed by atoms with van der Waals surface area (Å²) in [5.74, 6) is 1.20. The molecule has 32 heavy (non-hydrogen) atoms. The summed E-state index contributed by atoms with van der Waals surface area (Å²) in [5.41, 5.74) is 1.71. The first kappa shape index (κ1) is 22.9. The molecule has 0 radical (unpaired) electrons. The van der Waals surface area contributed by atoms with Crippen molar-refractivity contribution in [3.8, 4) is 5.75 Å². The fourth-order valence-corrected chi connectivity index (χ4v) is 5.62. The van der Waals surface area contributed by atoms with Crippen LogP contribution in [-0.2, 0) is 4.79 Å². The lowest BCUT2D eigenvalue weighted by Crippen LogP contribution is -2.44. The highest BCUT2D eigenvalue weighted by Gasteiger charge is 2.41. The molecule has 4 rings (SSSR count). The molecule has 2 aromatic carbocycles. The Kier molecular flexibility index (Phi) is 7.53. The monoisotopic (exact) mass is 510 g/mol. The average molecular weight is 511 g/mol.